The number of para-hydroxylation sites is 1. The first-order valence-electron chi connectivity index (χ1n) is 7.49. The standard InChI is InChI=1S/C19H16O5/c1-11(20)17(21)15(12-7-3-2-4-8-12)16-18(22)13-9-5-6-10-14(13)24-19(16)23/h2-10,15,17,21-22H,1H3/t15-,17+/m1/s1. The summed E-state index contributed by atoms with van der Waals surface area (Å²) in [6.07, 6.45) is -1.47. The Morgan fingerprint density at radius 1 is 1.04 bits per heavy atom. The van der Waals surface area contributed by atoms with Gasteiger partial charge < -0.3 is 14.6 Å². The number of Topliss-reactive ketones (excluding diaryl/α,β-unsaturated/α-hetero) is 1. The van der Waals surface area contributed by atoms with Crippen molar-refractivity contribution in [3.63, 3.8) is 0 Å². The lowest BCUT2D eigenvalue weighted by Gasteiger charge is -2.22. The van der Waals surface area contributed by atoms with Gasteiger partial charge in [0.2, 0.25) is 0 Å². The second-order valence-electron chi connectivity index (χ2n) is 5.59. The van der Waals surface area contributed by atoms with E-state index in [1.807, 2.05) is 0 Å². The summed E-state index contributed by atoms with van der Waals surface area (Å²) in [4.78, 5) is 24.2. The van der Waals surface area contributed by atoms with Crippen LogP contribution >= 0.6 is 0 Å². The number of benzene rings is 2. The van der Waals surface area contributed by atoms with Crippen molar-refractivity contribution in [3.8, 4) is 5.75 Å². The van der Waals surface area contributed by atoms with E-state index in [0.717, 1.165) is 0 Å². The van der Waals surface area contributed by atoms with Crippen LogP contribution in [0.25, 0.3) is 11.0 Å². The topological polar surface area (TPSA) is 87.7 Å². The summed E-state index contributed by atoms with van der Waals surface area (Å²) in [5, 5.41) is 21.3. The Kier molecular flexibility index (Phi) is 4.18. The average Bonchev–Trinajstić information content (AvgIpc) is 2.58. The fourth-order valence-corrected chi connectivity index (χ4v) is 2.82. The highest BCUT2D eigenvalue weighted by Crippen LogP contribution is 2.36. The van der Waals surface area contributed by atoms with Crippen LogP contribution in [0.1, 0.15) is 24.0 Å². The number of ketones is 1. The van der Waals surface area contributed by atoms with E-state index in [4.69, 9.17) is 4.42 Å². The number of aromatic hydroxyl groups is 1. The molecule has 0 radical (unpaired) electrons. The zero-order valence-corrected chi connectivity index (χ0v) is 13.0. The van der Waals surface area contributed by atoms with Crippen molar-refractivity contribution in [1.82, 2.24) is 0 Å². The van der Waals surface area contributed by atoms with E-state index in [1.165, 1.54) is 6.92 Å². The molecule has 1 heterocycles. The second-order valence-corrected chi connectivity index (χ2v) is 5.59. The molecule has 2 aromatic carbocycles. The third-order valence-electron chi connectivity index (χ3n) is 4.02. The summed E-state index contributed by atoms with van der Waals surface area (Å²) in [5.74, 6) is -1.80. The van der Waals surface area contributed by atoms with Crippen molar-refractivity contribution in [1.29, 1.82) is 0 Å². The van der Waals surface area contributed by atoms with E-state index in [2.05, 4.69) is 0 Å². The first-order valence-corrected chi connectivity index (χ1v) is 7.49. The maximum absolute atomic E-state index is 12.4. The molecule has 3 aromatic rings. The Balaban J connectivity index is 2.31. The Morgan fingerprint density at radius 3 is 2.33 bits per heavy atom. The third kappa shape index (κ3) is 2.70. The monoisotopic (exact) mass is 324 g/mol. The van der Waals surface area contributed by atoms with Gasteiger partial charge in [0.1, 0.15) is 17.4 Å². The van der Waals surface area contributed by atoms with Crippen LogP contribution in [0.5, 0.6) is 5.75 Å². The van der Waals surface area contributed by atoms with Gasteiger partial charge in [-0.2, -0.15) is 0 Å². The molecule has 0 fully saturated rings. The molecule has 122 valence electrons. The zero-order valence-electron chi connectivity index (χ0n) is 13.0. The van der Waals surface area contributed by atoms with Crippen molar-refractivity contribution >= 4 is 16.8 Å². The van der Waals surface area contributed by atoms with Crippen LogP contribution in [0.4, 0.5) is 0 Å². The highest BCUT2D eigenvalue weighted by molar-refractivity contribution is 5.86. The predicted octanol–water partition coefficient (Wildman–Crippen LogP) is 2.58. The van der Waals surface area contributed by atoms with Crippen molar-refractivity contribution < 1.29 is 19.4 Å². The average molecular weight is 324 g/mol. The number of aliphatic hydroxyl groups is 1. The molecule has 5 heteroatoms. The molecule has 0 aliphatic heterocycles. The molecule has 0 unspecified atom stereocenters. The Hall–Kier alpha value is -2.92. The molecule has 2 N–H and O–H groups in total. The number of aliphatic hydroxyl groups excluding tert-OH is 1. The van der Waals surface area contributed by atoms with Gasteiger partial charge in [-0.1, -0.05) is 42.5 Å². The number of carbonyl (C=O) groups is 1. The molecule has 0 saturated heterocycles. The van der Waals surface area contributed by atoms with Crippen LogP contribution in [-0.2, 0) is 4.79 Å². The summed E-state index contributed by atoms with van der Waals surface area (Å²) in [6.45, 7) is 1.24. The molecule has 3 rings (SSSR count). The van der Waals surface area contributed by atoms with Crippen molar-refractivity contribution in [3.05, 3.63) is 76.1 Å². The minimum Gasteiger partial charge on any atom is -0.507 e. The maximum Gasteiger partial charge on any atom is 0.343 e. The molecule has 0 spiro atoms. The summed E-state index contributed by atoms with van der Waals surface area (Å²) in [6, 6.07) is 15.2. The summed E-state index contributed by atoms with van der Waals surface area (Å²) in [7, 11) is 0. The molecule has 5 nitrogen and oxygen atoms in total. The van der Waals surface area contributed by atoms with Gasteiger partial charge >= 0.3 is 5.63 Å². The number of hydrogen-bond acceptors (Lipinski definition) is 5. The zero-order chi connectivity index (χ0) is 17.3. The number of carbonyl (C=O) groups excluding carboxylic acids is 1. The minimum absolute atomic E-state index is 0.123. The quantitative estimate of drug-likeness (QED) is 0.720. The minimum atomic E-state index is -1.47. The highest BCUT2D eigenvalue weighted by atomic mass is 16.4. The van der Waals surface area contributed by atoms with Crippen molar-refractivity contribution in [2.24, 2.45) is 0 Å². The maximum atomic E-state index is 12.4. The van der Waals surface area contributed by atoms with E-state index in [0.29, 0.717) is 10.9 Å². The Labute approximate surface area is 137 Å². The lowest BCUT2D eigenvalue weighted by atomic mass is 9.85. The van der Waals surface area contributed by atoms with Gasteiger partial charge in [-0.05, 0) is 24.6 Å². The van der Waals surface area contributed by atoms with Crippen molar-refractivity contribution in [2.45, 2.75) is 18.9 Å². The number of fused-ring (bicyclic) bond motifs is 1. The van der Waals surface area contributed by atoms with Gasteiger partial charge in [0.05, 0.1) is 16.9 Å². The van der Waals surface area contributed by atoms with Crippen LogP contribution in [0.2, 0.25) is 0 Å². The molecule has 0 saturated carbocycles. The fourth-order valence-electron chi connectivity index (χ4n) is 2.82. The molecule has 0 aliphatic rings. The van der Waals surface area contributed by atoms with Crippen molar-refractivity contribution in [2.75, 3.05) is 0 Å². The van der Waals surface area contributed by atoms with Crippen LogP contribution in [0, 0.1) is 0 Å². The lowest BCUT2D eigenvalue weighted by Crippen LogP contribution is -2.30. The summed E-state index contributed by atoms with van der Waals surface area (Å²) >= 11 is 0. The van der Waals surface area contributed by atoms with Gasteiger partial charge in [-0.25, -0.2) is 4.79 Å². The van der Waals surface area contributed by atoms with E-state index in [-0.39, 0.29) is 16.9 Å². The summed E-state index contributed by atoms with van der Waals surface area (Å²) < 4.78 is 5.27. The van der Waals surface area contributed by atoms with Crippen LogP contribution < -0.4 is 5.63 Å². The van der Waals surface area contributed by atoms with Gasteiger partial charge in [0, 0.05) is 0 Å². The predicted molar refractivity (Wildman–Crippen MR) is 89.1 cm³/mol. The number of rotatable bonds is 4. The van der Waals surface area contributed by atoms with E-state index >= 15 is 0 Å². The van der Waals surface area contributed by atoms with Gasteiger partial charge in [0.25, 0.3) is 0 Å². The lowest BCUT2D eigenvalue weighted by molar-refractivity contribution is -0.125. The molecule has 0 aliphatic carbocycles. The Morgan fingerprint density at radius 2 is 1.67 bits per heavy atom. The molecular formula is C19H16O5. The van der Waals surface area contributed by atoms with Gasteiger partial charge in [0.15, 0.2) is 5.78 Å². The number of hydrogen-bond donors (Lipinski definition) is 2. The molecule has 0 bridgehead atoms. The van der Waals surface area contributed by atoms with Crippen LogP contribution in [0.3, 0.4) is 0 Å². The molecule has 1 aromatic heterocycles. The van der Waals surface area contributed by atoms with Crippen LogP contribution in [0.15, 0.2) is 63.8 Å². The Bertz CT molecular complexity index is 943. The van der Waals surface area contributed by atoms with Crippen LogP contribution in [-0.4, -0.2) is 22.1 Å². The first-order chi connectivity index (χ1) is 11.5. The van der Waals surface area contributed by atoms with E-state index in [1.54, 1.807) is 54.6 Å². The molecular weight excluding hydrogens is 308 g/mol. The normalized spacial score (nSPS) is 13.6. The molecule has 2 atom stereocenters. The third-order valence-corrected chi connectivity index (χ3v) is 4.02. The van der Waals surface area contributed by atoms with Gasteiger partial charge in [-0.3, -0.25) is 4.79 Å². The summed E-state index contributed by atoms with van der Waals surface area (Å²) in [5.41, 5.74) is -0.117. The van der Waals surface area contributed by atoms with E-state index < -0.39 is 23.4 Å². The first kappa shape index (κ1) is 16.0. The fraction of sp³-hybridized carbons (Fsp3) is 0.158. The largest absolute Gasteiger partial charge is 0.507 e. The van der Waals surface area contributed by atoms with E-state index in [9.17, 15) is 19.8 Å². The SMILES string of the molecule is CC(=O)[C@H](O)[C@H](c1ccccc1)c1c(O)c2ccccc2oc1=O. The molecule has 24 heavy (non-hydrogen) atoms. The highest BCUT2D eigenvalue weighted by Gasteiger charge is 2.32. The van der Waals surface area contributed by atoms with Gasteiger partial charge in [-0.15, -0.1) is 0 Å². The second kappa shape index (κ2) is 6.29. The molecule has 0 amide bonds. The smallest absolute Gasteiger partial charge is 0.343 e.